The maximum atomic E-state index is 12.7. The van der Waals surface area contributed by atoms with Gasteiger partial charge in [-0.25, -0.2) is 0 Å². The number of nitrogens with two attached hydrogens (primary N) is 1. The van der Waals surface area contributed by atoms with Gasteiger partial charge in [0.25, 0.3) is 0 Å². The fourth-order valence-corrected chi connectivity index (χ4v) is 2.66. The minimum atomic E-state index is -1.18. The maximum absolute atomic E-state index is 12.7. The summed E-state index contributed by atoms with van der Waals surface area (Å²) in [5.74, 6) is 0. The van der Waals surface area contributed by atoms with Crippen LogP contribution in [0.4, 0.5) is 8.78 Å². The molecule has 1 aromatic carbocycles. The van der Waals surface area contributed by atoms with Crippen LogP contribution in [0.1, 0.15) is 24.4 Å². The second kappa shape index (κ2) is 4.35. The lowest BCUT2D eigenvalue weighted by molar-refractivity contribution is -0.158. The SMILES string of the molecule is NC(c1ccccc1)C1(O)CC(CF)(CF)C1. The molecule has 0 radical (unpaired) electrons. The van der Waals surface area contributed by atoms with Gasteiger partial charge < -0.3 is 10.8 Å². The van der Waals surface area contributed by atoms with Gasteiger partial charge in [-0.05, 0) is 18.4 Å². The fraction of sp³-hybridized carbons (Fsp3) is 0.538. The second-order valence-electron chi connectivity index (χ2n) is 5.11. The van der Waals surface area contributed by atoms with E-state index in [1.54, 1.807) is 0 Å². The second-order valence-corrected chi connectivity index (χ2v) is 5.11. The van der Waals surface area contributed by atoms with Crippen molar-refractivity contribution in [3.63, 3.8) is 0 Å². The molecule has 1 aromatic rings. The van der Waals surface area contributed by atoms with Crippen molar-refractivity contribution in [2.75, 3.05) is 13.3 Å². The van der Waals surface area contributed by atoms with Gasteiger partial charge >= 0.3 is 0 Å². The van der Waals surface area contributed by atoms with Crippen LogP contribution >= 0.6 is 0 Å². The molecule has 0 heterocycles. The van der Waals surface area contributed by atoms with E-state index in [0.717, 1.165) is 5.56 Å². The number of alkyl halides is 2. The highest BCUT2D eigenvalue weighted by atomic mass is 19.1. The van der Waals surface area contributed by atoms with E-state index in [1.807, 2.05) is 30.3 Å². The summed E-state index contributed by atoms with van der Waals surface area (Å²) in [6.45, 7) is -1.49. The molecule has 2 rings (SSSR count). The molecule has 0 aromatic heterocycles. The molecule has 1 aliphatic rings. The Labute approximate surface area is 99.4 Å². The summed E-state index contributed by atoms with van der Waals surface area (Å²) >= 11 is 0. The van der Waals surface area contributed by atoms with Gasteiger partial charge in [0, 0.05) is 5.41 Å². The highest BCUT2D eigenvalue weighted by Crippen LogP contribution is 2.53. The molecule has 0 aliphatic heterocycles. The summed E-state index contributed by atoms with van der Waals surface area (Å²) < 4.78 is 25.4. The van der Waals surface area contributed by atoms with Crippen LogP contribution in [0.3, 0.4) is 0 Å². The maximum Gasteiger partial charge on any atom is 0.0977 e. The first-order valence-electron chi connectivity index (χ1n) is 5.70. The van der Waals surface area contributed by atoms with E-state index in [9.17, 15) is 13.9 Å². The van der Waals surface area contributed by atoms with Crippen molar-refractivity contribution in [2.24, 2.45) is 11.1 Å². The van der Waals surface area contributed by atoms with Crippen molar-refractivity contribution in [3.8, 4) is 0 Å². The molecule has 17 heavy (non-hydrogen) atoms. The molecule has 94 valence electrons. The van der Waals surface area contributed by atoms with Crippen molar-refractivity contribution in [3.05, 3.63) is 35.9 Å². The summed E-state index contributed by atoms with van der Waals surface area (Å²) in [7, 11) is 0. The smallest absolute Gasteiger partial charge is 0.0977 e. The average molecular weight is 241 g/mol. The highest BCUT2D eigenvalue weighted by Gasteiger charge is 2.57. The van der Waals surface area contributed by atoms with Crippen LogP contribution < -0.4 is 5.73 Å². The molecule has 0 bridgehead atoms. The largest absolute Gasteiger partial charge is 0.388 e. The molecule has 3 N–H and O–H groups in total. The Bertz CT molecular complexity index is 370. The van der Waals surface area contributed by atoms with Gasteiger partial charge in [0.2, 0.25) is 0 Å². The Morgan fingerprint density at radius 1 is 1.18 bits per heavy atom. The van der Waals surface area contributed by atoms with Crippen LogP contribution in [0.15, 0.2) is 30.3 Å². The van der Waals surface area contributed by atoms with Gasteiger partial charge in [-0.15, -0.1) is 0 Å². The van der Waals surface area contributed by atoms with Gasteiger partial charge in [0.05, 0.1) is 25.0 Å². The zero-order valence-corrected chi connectivity index (χ0v) is 9.57. The number of rotatable bonds is 4. The Balaban J connectivity index is 2.10. The minimum absolute atomic E-state index is 0.0864. The van der Waals surface area contributed by atoms with Crippen LogP contribution in [-0.2, 0) is 0 Å². The molecule has 4 heteroatoms. The van der Waals surface area contributed by atoms with Crippen LogP contribution in [-0.4, -0.2) is 24.1 Å². The van der Waals surface area contributed by atoms with Crippen molar-refractivity contribution in [2.45, 2.75) is 24.5 Å². The summed E-state index contributed by atoms with van der Waals surface area (Å²) in [4.78, 5) is 0. The van der Waals surface area contributed by atoms with E-state index in [2.05, 4.69) is 0 Å². The molecule has 1 fully saturated rings. The van der Waals surface area contributed by atoms with Crippen LogP contribution in [0.5, 0.6) is 0 Å². The first-order valence-corrected chi connectivity index (χ1v) is 5.70. The van der Waals surface area contributed by atoms with Gasteiger partial charge in [-0.1, -0.05) is 30.3 Å². The van der Waals surface area contributed by atoms with Gasteiger partial charge in [0.15, 0.2) is 0 Å². The van der Waals surface area contributed by atoms with Gasteiger partial charge in [-0.2, -0.15) is 0 Å². The number of hydrogen-bond donors (Lipinski definition) is 2. The number of halogens is 2. The average Bonchev–Trinajstić information content (AvgIpc) is 2.35. The quantitative estimate of drug-likeness (QED) is 0.848. The van der Waals surface area contributed by atoms with E-state index in [0.29, 0.717) is 0 Å². The number of benzene rings is 1. The predicted molar refractivity (Wildman–Crippen MR) is 61.9 cm³/mol. The molecule has 0 saturated heterocycles. The van der Waals surface area contributed by atoms with E-state index >= 15 is 0 Å². The molecule has 1 atom stereocenters. The zero-order chi connectivity index (χ0) is 12.5. The Kier molecular flexibility index (Phi) is 3.19. The van der Waals surface area contributed by atoms with Crippen LogP contribution in [0.2, 0.25) is 0 Å². The standard InChI is InChI=1S/C13H17F2NO/c14-8-12(9-15)6-13(17,7-12)11(16)10-4-2-1-3-5-10/h1-5,11,17H,6-9,16H2. The first kappa shape index (κ1) is 12.5. The number of aliphatic hydroxyl groups is 1. The van der Waals surface area contributed by atoms with Crippen molar-refractivity contribution in [1.82, 2.24) is 0 Å². The Morgan fingerprint density at radius 3 is 2.18 bits per heavy atom. The summed E-state index contributed by atoms with van der Waals surface area (Å²) in [5.41, 5.74) is 4.57. The number of hydrogen-bond acceptors (Lipinski definition) is 2. The fourth-order valence-electron chi connectivity index (χ4n) is 2.66. The van der Waals surface area contributed by atoms with Crippen LogP contribution in [0.25, 0.3) is 0 Å². The third kappa shape index (κ3) is 2.07. The van der Waals surface area contributed by atoms with E-state index in [-0.39, 0.29) is 12.8 Å². The Hall–Kier alpha value is -1.00. The summed E-state index contributed by atoms with van der Waals surface area (Å²) in [6, 6.07) is 8.55. The third-order valence-electron chi connectivity index (χ3n) is 3.67. The normalized spacial score (nSPS) is 22.8. The molecule has 2 nitrogen and oxygen atoms in total. The monoisotopic (exact) mass is 241 g/mol. The Morgan fingerprint density at radius 2 is 1.71 bits per heavy atom. The summed E-state index contributed by atoms with van der Waals surface area (Å²) in [5, 5.41) is 10.3. The van der Waals surface area contributed by atoms with Crippen molar-refractivity contribution < 1.29 is 13.9 Å². The minimum Gasteiger partial charge on any atom is -0.388 e. The first-order chi connectivity index (χ1) is 8.05. The predicted octanol–water partition coefficient (Wildman–Crippen LogP) is 2.14. The highest BCUT2D eigenvalue weighted by molar-refractivity contribution is 5.24. The lowest BCUT2D eigenvalue weighted by atomic mass is 9.57. The van der Waals surface area contributed by atoms with Crippen LogP contribution in [0, 0.1) is 5.41 Å². The topological polar surface area (TPSA) is 46.2 Å². The van der Waals surface area contributed by atoms with E-state index < -0.39 is 30.4 Å². The molecule has 0 spiro atoms. The van der Waals surface area contributed by atoms with Gasteiger partial charge in [-0.3, -0.25) is 8.78 Å². The third-order valence-corrected chi connectivity index (χ3v) is 3.67. The molecule has 1 unspecified atom stereocenters. The lowest BCUT2D eigenvalue weighted by Gasteiger charge is -2.53. The van der Waals surface area contributed by atoms with E-state index in [1.165, 1.54) is 0 Å². The molecular formula is C13H17F2NO. The zero-order valence-electron chi connectivity index (χ0n) is 9.57. The van der Waals surface area contributed by atoms with Crippen molar-refractivity contribution in [1.29, 1.82) is 0 Å². The van der Waals surface area contributed by atoms with Gasteiger partial charge in [0.1, 0.15) is 0 Å². The lowest BCUT2D eigenvalue weighted by Crippen LogP contribution is -2.59. The molecule has 1 saturated carbocycles. The molecule has 1 aliphatic carbocycles. The molecule has 0 amide bonds. The van der Waals surface area contributed by atoms with E-state index in [4.69, 9.17) is 5.73 Å². The molecular weight excluding hydrogens is 224 g/mol. The summed E-state index contributed by atoms with van der Waals surface area (Å²) in [6.07, 6.45) is 0.173. The van der Waals surface area contributed by atoms with Crippen molar-refractivity contribution >= 4 is 0 Å².